The Kier molecular flexibility index (Phi) is 6.16. The molecule has 1 amide bonds. The minimum absolute atomic E-state index is 0.150. The van der Waals surface area contributed by atoms with Gasteiger partial charge in [0.2, 0.25) is 5.89 Å². The van der Waals surface area contributed by atoms with Crippen LogP contribution in [0, 0.1) is 5.92 Å². The molecule has 0 aliphatic heterocycles. The number of hydrogen-bond acceptors (Lipinski definition) is 6. The van der Waals surface area contributed by atoms with Gasteiger partial charge in [-0.25, -0.2) is 4.79 Å². The van der Waals surface area contributed by atoms with Gasteiger partial charge in [0.15, 0.2) is 6.61 Å². The molecule has 0 saturated heterocycles. The fourth-order valence-electron chi connectivity index (χ4n) is 2.54. The molecule has 7 heteroatoms. The van der Waals surface area contributed by atoms with Gasteiger partial charge < -0.3 is 14.5 Å². The summed E-state index contributed by atoms with van der Waals surface area (Å²) in [7, 11) is 0. The van der Waals surface area contributed by atoms with E-state index in [1.54, 1.807) is 24.3 Å². The Hall–Kier alpha value is -3.48. The topological polar surface area (TPSA) is 94.3 Å². The van der Waals surface area contributed by atoms with E-state index in [-0.39, 0.29) is 24.3 Å². The van der Waals surface area contributed by atoms with Crippen molar-refractivity contribution in [2.45, 2.75) is 26.5 Å². The minimum Gasteiger partial charge on any atom is -0.454 e. The van der Waals surface area contributed by atoms with E-state index < -0.39 is 12.0 Å². The van der Waals surface area contributed by atoms with E-state index in [1.165, 1.54) is 0 Å². The Morgan fingerprint density at radius 1 is 1.00 bits per heavy atom. The van der Waals surface area contributed by atoms with Gasteiger partial charge in [-0.1, -0.05) is 50.2 Å². The quantitative estimate of drug-likeness (QED) is 0.634. The lowest BCUT2D eigenvalue weighted by Gasteiger charge is -2.20. The predicted molar refractivity (Wildman–Crippen MR) is 102 cm³/mol. The number of ether oxygens (including phenoxy) is 1. The lowest BCUT2D eigenvalue weighted by atomic mass is 10.0. The third kappa shape index (κ3) is 4.82. The van der Waals surface area contributed by atoms with Crippen LogP contribution in [0.5, 0.6) is 0 Å². The average molecular weight is 379 g/mol. The molecule has 0 radical (unpaired) electrons. The summed E-state index contributed by atoms with van der Waals surface area (Å²) in [6, 6.07) is 17.2. The zero-order chi connectivity index (χ0) is 19.9. The monoisotopic (exact) mass is 379 g/mol. The van der Waals surface area contributed by atoms with Gasteiger partial charge in [0.1, 0.15) is 6.04 Å². The molecule has 1 N–H and O–H groups in total. The normalized spacial score (nSPS) is 11.8. The van der Waals surface area contributed by atoms with Crippen LogP contribution in [-0.4, -0.2) is 28.1 Å². The van der Waals surface area contributed by atoms with Crippen LogP contribution >= 0.6 is 0 Å². The van der Waals surface area contributed by atoms with Crippen molar-refractivity contribution in [2.24, 2.45) is 5.92 Å². The van der Waals surface area contributed by atoms with Crippen molar-refractivity contribution < 1.29 is 18.7 Å². The molecular formula is C21H21N3O4. The Bertz CT molecular complexity index is 923. The summed E-state index contributed by atoms with van der Waals surface area (Å²) in [6.07, 6.45) is 0. The van der Waals surface area contributed by atoms with Crippen molar-refractivity contribution in [2.75, 3.05) is 0 Å². The lowest BCUT2D eigenvalue weighted by molar-refractivity contribution is -0.149. The Morgan fingerprint density at radius 3 is 2.29 bits per heavy atom. The van der Waals surface area contributed by atoms with Crippen LogP contribution in [0.4, 0.5) is 0 Å². The fourth-order valence-corrected chi connectivity index (χ4v) is 2.54. The first-order valence-corrected chi connectivity index (χ1v) is 8.95. The number of aromatic nitrogens is 2. The highest BCUT2D eigenvalue weighted by Crippen LogP contribution is 2.17. The lowest BCUT2D eigenvalue weighted by Crippen LogP contribution is -2.45. The summed E-state index contributed by atoms with van der Waals surface area (Å²) in [4.78, 5) is 24.8. The molecule has 0 aliphatic rings. The number of carbonyl (C=O) groups excluding carboxylic acids is 2. The van der Waals surface area contributed by atoms with Crippen molar-refractivity contribution in [3.63, 3.8) is 0 Å². The van der Waals surface area contributed by atoms with Gasteiger partial charge in [0.05, 0.1) is 0 Å². The largest absolute Gasteiger partial charge is 0.454 e. The second kappa shape index (κ2) is 8.94. The van der Waals surface area contributed by atoms with Crippen molar-refractivity contribution >= 4 is 11.9 Å². The zero-order valence-electron chi connectivity index (χ0n) is 15.7. The number of nitrogens with one attached hydrogen (secondary N) is 1. The number of amides is 1. The van der Waals surface area contributed by atoms with Crippen molar-refractivity contribution in [1.82, 2.24) is 15.5 Å². The molecule has 0 unspecified atom stereocenters. The number of esters is 1. The first-order chi connectivity index (χ1) is 13.5. The molecule has 0 saturated carbocycles. The highest BCUT2D eigenvalue weighted by molar-refractivity contribution is 5.96. The predicted octanol–water partition coefficient (Wildman–Crippen LogP) is 3.23. The summed E-state index contributed by atoms with van der Waals surface area (Å²) < 4.78 is 10.8. The summed E-state index contributed by atoms with van der Waals surface area (Å²) in [6.45, 7) is 3.50. The molecule has 0 aliphatic carbocycles. The molecule has 0 spiro atoms. The molecule has 0 bridgehead atoms. The molecule has 28 heavy (non-hydrogen) atoms. The highest BCUT2D eigenvalue weighted by Gasteiger charge is 2.26. The molecule has 3 rings (SSSR count). The maximum Gasteiger partial charge on any atom is 0.329 e. The van der Waals surface area contributed by atoms with Gasteiger partial charge in [0, 0.05) is 11.1 Å². The first-order valence-electron chi connectivity index (χ1n) is 8.95. The van der Waals surface area contributed by atoms with Gasteiger partial charge in [-0.3, -0.25) is 4.79 Å². The van der Waals surface area contributed by atoms with Crippen molar-refractivity contribution in [3.05, 3.63) is 72.1 Å². The van der Waals surface area contributed by atoms with E-state index in [9.17, 15) is 9.59 Å². The van der Waals surface area contributed by atoms with Crippen molar-refractivity contribution in [1.29, 1.82) is 0 Å². The highest BCUT2D eigenvalue weighted by atomic mass is 16.5. The summed E-state index contributed by atoms with van der Waals surface area (Å²) in [5, 5.41) is 10.6. The zero-order valence-corrected chi connectivity index (χ0v) is 15.7. The van der Waals surface area contributed by atoms with Crippen LogP contribution in [-0.2, 0) is 16.1 Å². The third-order valence-corrected chi connectivity index (χ3v) is 4.07. The average Bonchev–Trinajstić information content (AvgIpc) is 3.20. The molecule has 1 heterocycles. The molecule has 0 fully saturated rings. The summed E-state index contributed by atoms with van der Waals surface area (Å²) >= 11 is 0. The Balaban J connectivity index is 1.60. The van der Waals surface area contributed by atoms with Gasteiger partial charge in [-0.15, -0.1) is 10.2 Å². The third-order valence-electron chi connectivity index (χ3n) is 4.07. The SMILES string of the molecule is CC(C)[C@@H](NC(=O)c1ccccc1)C(=O)OCc1nnc(-c2ccccc2)o1. The van der Waals surface area contributed by atoms with E-state index >= 15 is 0 Å². The molecule has 1 aromatic heterocycles. The smallest absolute Gasteiger partial charge is 0.329 e. The maximum absolute atomic E-state index is 12.5. The van der Waals surface area contributed by atoms with E-state index in [0.717, 1.165) is 5.56 Å². The number of carbonyl (C=O) groups is 2. The number of benzene rings is 2. The molecule has 3 aromatic rings. The Labute approximate surface area is 162 Å². The number of nitrogens with zero attached hydrogens (tertiary/aromatic N) is 2. The first kappa shape index (κ1) is 19.3. The van der Waals surface area contributed by atoms with E-state index in [4.69, 9.17) is 9.15 Å². The van der Waals surface area contributed by atoms with Crippen LogP contribution in [0.25, 0.3) is 11.5 Å². The number of hydrogen-bond donors (Lipinski definition) is 1. The van der Waals surface area contributed by atoms with Crippen molar-refractivity contribution in [3.8, 4) is 11.5 Å². The summed E-state index contributed by atoms with van der Waals surface area (Å²) in [5.41, 5.74) is 1.26. The van der Waals surface area contributed by atoms with Gasteiger partial charge in [0.25, 0.3) is 11.8 Å². The van der Waals surface area contributed by atoms with E-state index in [0.29, 0.717) is 11.5 Å². The van der Waals surface area contributed by atoms with Crippen LogP contribution in [0.3, 0.4) is 0 Å². The van der Waals surface area contributed by atoms with Gasteiger partial charge in [-0.05, 0) is 30.2 Å². The van der Waals surface area contributed by atoms with Crippen LogP contribution in [0.1, 0.15) is 30.1 Å². The molecule has 144 valence electrons. The van der Waals surface area contributed by atoms with Crippen LogP contribution in [0.2, 0.25) is 0 Å². The molecule has 2 aromatic carbocycles. The number of rotatable bonds is 7. The molecule has 1 atom stereocenters. The Morgan fingerprint density at radius 2 is 1.64 bits per heavy atom. The standard InChI is InChI=1S/C21H21N3O4/c1-14(2)18(22-19(25)15-9-5-3-6-10-15)21(26)27-13-17-23-24-20(28-17)16-11-7-4-8-12-16/h3-12,14,18H,13H2,1-2H3,(H,22,25)/t18-/m1/s1. The molecular weight excluding hydrogens is 358 g/mol. The van der Waals surface area contributed by atoms with Crippen LogP contribution < -0.4 is 5.32 Å². The van der Waals surface area contributed by atoms with Crippen LogP contribution in [0.15, 0.2) is 65.1 Å². The van der Waals surface area contributed by atoms with E-state index in [1.807, 2.05) is 50.2 Å². The summed E-state index contributed by atoms with van der Waals surface area (Å²) in [5.74, 6) is -0.504. The fraction of sp³-hybridized carbons (Fsp3) is 0.238. The molecule has 7 nitrogen and oxygen atoms in total. The van der Waals surface area contributed by atoms with E-state index in [2.05, 4.69) is 15.5 Å². The van der Waals surface area contributed by atoms with Gasteiger partial charge >= 0.3 is 5.97 Å². The maximum atomic E-state index is 12.5. The minimum atomic E-state index is -0.788. The van der Waals surface area contributed by atoms with Gasteiger partial charge in [-0.2, -0.15) is 0 Å². The second-order valence-electron chi connectivity index (χ2n) is 6.54. The second-order valence-corrected chi connectivity index (χ2v) is 6.54.